The van der Waals surface area contributed by atoms with Crippen molar-refractivity contribution in [3.8, 4) is 0 Å². The summed E-state index contributed by atoms with van der Waals surface area (Å²) in [5.41, 5.74) is 0.540. The number of hydrogen-bond donors (Lipinski definition) is 1. The van der Waals surface area contributed by atoms with E-state index < -0.39 is 12.3 Å². The van der Waals surface area contributed by atoms with Gasteiger partial charge in [0.05, 0.1) is 11.3 Å². The summed E-state index contributed by atoms with van der Waals surface area (Å²) in [4.78, 5) is 14.8. The van der Waals surface area contributed by atoms with Crippen LogP contribution >= 0.6 is 15.9 Å². The molecule has 0 aliphatic carbocycles. The molecule has 82 valence electrons. The van der Waals surface area contributed by atoms with Crippen LogP contribution in [0.4, 0.5) is 0 Å². The van der Waals surface area contributed by atoms with Gasteiger partial charge in [-0.1, -0.05) is 0 Å². The van der Waals surface area contributed by atoms with Crippen LogP contribution in [-0.2, 0) is 9.47 Å². The molecule has 1 rings (SSSR count). The van der Waals surface area contributed by atoms with Gasteiger partial charge in [0.25, 0.3) is 0 Å². The molecule has 0 saturated heterocycles. The summed E-state index contributed by atoms with van der Waals surface area (Å²) < 4.78 is 10.4. The molecule has 0 spiro atoms. The first-order valence-corrected chi connectivity index (χ1v) is 4.84. The van der Waals surface area contributed by atoms with Crippen LogP contribution in [0.5, 0.6) is 0 Å². The van der Waals surface area contributed by atoms with Gasteiger partial charge >= 0.3 is 5.97 Å². The lowest BCUT2D eigenvalue weighted by Crippen LogP contribution is -2.08. The van der Waals surface area contributed by atoms with Crippen molar-refractivity contribution in [2.75, 3.05) is 14.2 Å². The summed E-state index contributed by atoms with van der Waals surface area (Å²) in [6.45, 7) is 0. The van der Waals surface area contributed by atoms with Crippen LogP contribution in [0.2, 0.25) is 0 Å². The highest BCUT2D eigenvalue weighted by molar-refractivity contribution is 9.10. The molecule has 0 saturated carbocycles. The number of aromatic nitrogens is 1. The highest BCUT2D eigenvalue weighted by Crippen LogP contribution is 2.19. The van der Waals surface area contributed by atoms with E-state index in [0.29, 0.717) is 10.3 Å². The van der Waals surface area contributed by atoms with Crippen molar-refractivity contribution in [1.29, 1.82) is 0 Å². The monoisotopic (exact) mass is 275 g/mol. The Hall–Kier alpha value is -0.980. The number of hydrogen-bond acceptors (Lipinski definition) is 4. The Labute approximate surface area is 95.2 Å². The van der Waals surface area contributed by atoms with Gasteiger partial charge in [-0.3, -0.25) is 0 Å². The number of carbonyl (C=O) groups is 1. The molecule has 15 heavy (non-hydrogen) atoms. The maximum absolute atomic E-state index is 10.8. The van der Waals surface area contributed by atoms with Crippen LogP contribution in [-0.4, -0.2) is 30.3 Å². The highest BCUT2D eigenvalue weighted by Gasteiger charge is 2.14. The first-order valence-electron chi connectivity index (χ1n) is 4.05. The third-order valence-electron chi connectivity index (χ3n) is 1.73. The Morgan fingerprint density at radius 3 is 2.53 bits per heavy atom. The van der Waals surface area contributed by atoms with E-state index in [0.717, 1.165) is 0 Å². The van der Waals surface area contributed by atoms with Gasteiger partial charge < -0.3 is 14.6 Å². The molecular formula is C9H10BrNO4. The van der Waals surface area contributed by atoms with Gasteiger partial charge in [0, 0.05) is 14.2 Å². The first kappa shape index (κ1) is 12.1. The molecule has 1 aromatic heterocycles. The van der Waals surface area contributed by atoms with Gasteiger partial charge in [0.15, 0.2) is 0 Å². The van der Waals surface area contributed by atoms with Crippen molar-refractivity contribution in [2.45, 2.75) is 6.29 Å². The number of halogens is 1. The largest absolute Gasteiger partial charge is 0.478 e. The molecule has 0 aliphatic rings. The molecule has 0 aromatic carbocycles. The number of aromatic carboxylic acids is 1. The predicted octanol–water partition coefficient (Wildman–Crippen LogP) is 1.83. The average molecular weight is 276 g/mol. The van der Waals surface area contributed by atoms with E-state index >= 15 is 0 Å². The molecule has 1 heterocycles. The molecule has 0 aliphatic heterocycles. The van der Waals surface area contributed by atoms with Gasteiger partial charge in [-0.05, 0) is 28.1 Å². The summed E-state index contributed by atoms with van der Waals surface area (Å²) in [5, 5.41) is 8.83. The lowest BCUT2D eigenvalue weighted by Gasteiger charge is -2.13. The molecule has 0 radical (unpaired) electrons. The third kappa shape index (κ3) is 2.98. The minimum Gasteiger partial charge on any atom is -0.478 e. The molecular weight excluding hydrogens is 266 g/mol. The van der Waals surface area contributed by atoms with Crippen molar-refractivity contribution in [3.63, 3.8) is 0 Å². The van der Waals surface area contributed by atoms with E-state index in [1.54, 1.807) is 0 Å². The van der Waals surface area contributed by atoms with Gasteiger partial charge in [-0.25, -0.2) is 9.78 Å². The second kappa shape index (κ2) is 5.20. The quantitative estimate of drug-likeness (QED) is 0.671. The second-order valence-corrected chi connectivity index (χ2v) is 3.52. The van der Waals surface area contributed by atoms with Crippen LogP contribution < -0.4 is 0 Å². The van der Waals surface area contributed by atoms with Crippen molar-refractivity contribution in [2.24, 2.45) is 0 Å². The van der Waals surface area contributed by atoms with Crippen molar-refractivity contribution in [1.82, 2.24) is 4.98 Å². The number of ether oxygens (including phenoxy) is 2. The number of rotatable bonds is 4. The van der Waals surface area contributed by atoms with Gasteiger partial charge in [0.1, 0.15) is 4.60 Å². The Balaban J connectivity index is 3.13. The van der Waals surface area contributed by atoms with E-state index in [9.17, 15) is 4.79 Å². The number of methoxy groups -OCH3 is 2. The Bertz CT molecular complexity index is 365. The van der Waals surface area contributed by atoms with Crippen LogP contribution in [0, 0.1) is 0 Å². The average Bonchev–Trinajstić information content (AvgIpc) is 2.18. The van der Waals surface area contributed by atoms with Crippen molar-refractivity contribution < 1.29 is 19.4 Å². The number of carboxylic acids is 1. The molecule has 5 nitrogen and oxygen atoms in total. The lowest BCUT2D eigenvalue weighted by molar-refractivity contribution is -0.108. The van der Waals surface area contributed by atoms with Gasteiger partial charge in [-0.2, -0.15) is 0 Å². The summed E-state index contributed by atoms with van der Waals surface area (Å²) in [7, 11) is 2.91. The zero-order chi connectivity index (χ0) is 11.4. The number of pyridine rings is 1. The van der Waals surface area contributed by atoms with E-state index in [2.05, 4.69) is 20.9 Å². The minimum atomic E-state index is -1.02. The molecule has 0 unspecified atom stereocenters. The highest BCUT2D eigenvalue weighted by atomic mass is 79.9. The summed E-state index contributed by atoms with van der Waals surface area (Å²) in [6.07, 6.45) is -0.666. The van der Waals surface area contributed by atoms with E-state index in [-0.39, 0.29) is 5.56 Å². The standard InChI is InChI=1S/C9H10BrNO4/c1-14-9(15-2)6-3-5(8(12)13)4-7(10)11-6/h3-4,9H,1-2H3,(H,12,13). The smallest absolute Gasteiger partial charge is 0.335 e. The normalized spacial score (nSPS) is 10.7. The summed E-state index contributed by atoms with van der Waals surface area (Å²) >= 11 is 3.12. The SMILES string of the molecule is COC(OC)c1cc(C(=O)O)cc(Br)n1. The molecule has 0 fully saturated rings. The predicted molar refractivity (Wildman–Crippen MR) is 55.7 cm³/mol. The lowest BCUT2D eigenvalue weighted by atomic mass is 10.2. The van der Waals surface area contributed by atoms with Crippen LogP contribution in [0.25, 0.3) is 0 Å². The second-order valence-electron chi connectivity index (χ2n) is 2.71. The Kier molecular flexibility index (Phi) is 4.19. The van der Waals surface area contributed by atoms with Crippen LogP contribution in [0.3, 0.4) is 0 Å². The molecule has 0 atom stereocenters. The number of carboxylic acid groups (broad SMARTS) is 1. The fraction of sp³-hybridized carbons (Fsp3) is 0.333. The van der Waals surface area contributed by atoms with E-state index in [1.807, 2.05) is 0 Å². The minimum absolute atomic E-state index is 0.131. The van der Waals surface area contributed by atoms with Gasteiger partial charge in [-0.15, -0.1) is 0 Å². The zero-order valence-corrected chi connectivity index (χ0v) is 9.82. The zero-order valence-electron chi connectivity index (χ0n) is 8.23. The molecule has 1 N–H and O–H groups in total. The summed E-state index contributed by atoms with van der Waals surface area (Å²) in [6, 6.07) is 2.82. The molecule has 0 bridgehead atoms. The van der Waals surface area contributed by atoms with Crippen LogP contribution in [0.1, 0.15) is 22.3 Å². The Morgan fingerprint density at radius 2 is 2.07 bits per heavy atom. The topological polar surface area (TPSA) is 68.7 Å². The number of nitrogens with zero attached hydrogens (tertiary/aromatic N) is 1. The maximum Gasteiger partial charge on any atom is 0.335 e. The summed E-state index contributed by atoms with van der Waals surface area (Å²) in [5.74, 6) is -1.02. The fourth-order valence-corrected chi connectivity index (χ4v) is 1.55. The van der Waals surface area contributed by atoms with Crippen molar-refractivity contribution >= 4 is 21.9 Å². The van der Waals surface area contributed by atoms with Crippen LogP contribution in [0.15, 0.2) is 16.7 Å². The fourth-order valence-electron chi connectivity index (χ4n) is 1.10. The van der Waals surface area contributed by atoms with Gasteiger partial charge in [0.2, 0.25) is 6.29 Å². The molecule has 0 amide bonds. The molecule has 1 aromatic rings. The Morgan fingerprint density at radius 1 is 1.47 bits per heavy atom. The van der Waals surface area contributed by atoms with E-state index in [4.69, 9.17) is 14.6 Å². The third-order valence-corrected chi connectivity index (χ3v) is 2.14. The first-order chi connectivity index (χ1) is 7.08. The van der Waals surface area contributed by atoms with Crippen molar-refractivity contribution in [3.05, 3.63) is 28.0 Å². The molecule has 6 heteroatoms. The maximum atomic E-state index is 10.8. The van der Waals surface area contributed by atoms with E-state index in [1.165, 1.54) is 26.4 Å².